The van der Waals surface area contributed by atoms with Gasteiger partial charge in [-0.05, 0) is 35.7 Å². The molecule has 0 saturated carbocycles. The second kappa shape index (κ2) is 8.15. The summed E-state index contributed by atoms with van der Waals surface area (Å²) in [5.74, 6) is 0. The lowest BCUT2D eigenvalue weighted by atomic mass is 10.1. The third-order valence-electron chi connectivity index (χ3n) is 5.70. The van der Waals surface area contributed by atoms with Gasteiger partial charge in [0.25, 0.3) is 5.56 Å². The molecule has 0 radical (unpaired) electrons. The van der Waals surface area contributed by atoms with Crippen molar-refractivity contribution in [2.24, 2.45) is 0 Å². The minimum absolute atomic E-state index is 0.191. The highest BCUT2D eigenvalue weighted by molar-refractivity contribution is 5.72. The molecule has 3 aromatic carbocycles. The zero-order chi connectivity index (χ0) is 22.1. The van der Waals surface area contributed by atoms with Gasteiger partial charge in [-0.25, -0.2) is 14.3 Å². The summed E-state index contributed by atoms with van der Waals surface area (Å²) in [6, 6.07) is 26.9. The van der Waals surface area contributed by atoms with E-state index in [2.05, 4.69) is 4.98 Å². The maximum absolute atomic E-state index is 13.6. The summed E-state index contributed by atoms with van der Waals surface area (Å²) in [7, 11) is 0. The Balaban J connectivity index is 1.77. The molecule has 6 heteroatoms. The average Bonchev–Trinajstić information content (AvgIpc) is 3.23. The maximum Gasteiger partial charge on any atom is 0.337 e. The van der Waals surface area contributed by atoms with Gasteiger partial charge in [0.15, 0.2) is 11.2 Å². The van der Waals surface area contributed by atoms with E-state index in [9.17, 15) is 9.59 Å². The van der Waals surface area contributed by atoms with Crippen molar-refractivity contribution in [3.05, 3.63) is 129 Å². The van der Waals surface area contributed by atoms with Gasteiger partial charge in [0.2, 0.25) is 0 Å². The van der Waals surface area contributed by atoms with Crippen LogP contribution in [-0.4, -0.2) is 18.7 Å². The number of aryl methyl sites for hydroxylation is 1. The molecule has 0 spiro atoms. The predicted octanol–water partition coefficient (Wildman–Crippen LogP) is 3.75. The molecule has 2 aromatic heterocycles. The van der Waals surface area contributed by atoms with E-state index in [1.54, 1.807) is 6.33 Å². The summed E-state index contributed by atoms with van der Waals surface area (Å²) in [6.45, 7) is 2.73. The molecule has 0 N–H and O–H groups in total. The van der Waals surface area contributed by atoms with Crippen LogP contribution >= 0.6 is 0 Å². The Morgan fingerprint density at radius 2 is 1.44 bits per heavy atom. The first-order chi connectivity index (χ1) is 15.6. The second-order valence-electron chi connectivity index (χ2n) is 7.80. The number of hydrogen-bond donors (Lipinski definition) is 0. The lowest BCUT2D eigenvalue weighted by Crippen LogP contribution is -2.40. The quantitative estimate of drug-likeness (QED) is 0.433. The van der Waals surface area contributed by atoms with E-state index in [0.717, 1.165) is 16.7 Å². The van der Waals surface area contributed by atoms with Gasteiger partial charge >= 0.3 is 5.69 Å². The number of aromatic nitrogens is 4. The van der Waals surface area contributed by atoms with E-state index in [-0.39, 0.29) is 12.1 Å². The molecule has 6 nitrogen and oxygen atoms in total. The smallest absolute Gasteiger partial charge is 0.320 e. The normalized spacial score (nSPS) is 11.2. The number of para-hydroxylation sites is 1. The Bertz CT molecular complexity index is 1510. The molecule has 0 aliphatic heterocycles. The summed E-state index contributed by atoms with van der Waals surface area (Å²) in [5.41, 5.74) is 3.82. The van der Waals surface area contributed by atoms with Crippen molar-refractivity contribution in [2.45, 2.75) is 20.0 Å². The molecule has 0 atom stereocenters. The Kier molecular flexibility index (Phi) is 5.03. The van der Waals surface area contributed by atoms with Gasteiger partial charge in [-0.2, -0.15) is 0 Å². The average molecular weight is 422 g/mol. The fraction of sp³-hybridized carbons (Fsp3) is 0.115. The Labute approximate surface area is 184 Å². The van der Waals surface area contributed by atoms with Crippen molar-refractivity contribution in [2.75, 3.05) is 0 Å². The summed E-state index contributed by atoms with van der Waals surface area (Å²) in [6.07, 6.45) is 1.64. The first-order valence-corrected chi connectivity index (χ1v) is 10.5. The molecule has 5 rings (SSSR count). The number of hydrogen-bond acceptors (Lipinski definition) is 3. The SMILES string of the molecule is Cc1ccccc1Cn1cnc2c1c(=O)n(Cc1ccccc1)c(=O)n2-c1ccccc1. The van der Waals surface area contributed by atoms with Crippen molar-refractivity contribution in [1.82, 2.24) is 18.7 Å². The van der Waals surface area contributed by atoms with Crippen molar-refractivity contribution in [1.29, 1.82) is 0 Å². The first-order valence-electron chi connectivity index (χ1n) is 10.5. The highest BCUT2D eigenvalue weighted by Gasteiger charge is 2.19. The highest BCUT2D eigenvalue weighted by Crippen LogP contribution is 2.16. The van der Waals surface area contributed by atoms with Crippen molar-refractivity contribution >= 4 is 11.2 Å². The van der Waals surface area contributed by atoms with Crippen molar-refractivity contribution < 1.29 is 0 Å². The van der Waals surface area contributed by atoms with Gasteiger partial charge in [0.05, 0.1) is 18.6 Å². The van der Waals surface area contributed by atoms with Gasteiger partial charge < -0.3 is 4.57 Å². The minimum atomic E-state index is -0.404. The standard InChI is InChI=1S/C26H22N4O2/c1-19-10-8-9-13-21(19)17-28-18-27-24-23(28)25(31)29(16-20-11-4-2-5-12-20)26(32)30(24)22-14-6-3-7-15-22/h2-15,18H,16-17H2,1H3. The number of rotatable bonds is 5. The third-order valence-corrected chi connectivity index (χ3v) is 5.70. The maximum atomic E-state index is 13.6. The fourth-order valence-electron chi connectivity index (χ4n) is 3.99. The van der Waals surface area contributed by atoms with E-state index in [1.165, 1.54) is 9.13 Å². The molecule has 2 heterocycles. The van der Waals surface area contributed by atoms with Gasteiger partial charge in [0.1, 0.15) is 0 Å². The molecule has 32 heavy (non-hydrogen) atoms. The fourth-order valence-corrected chi connectivity index (χ4v) is 3.99. The zero-order valence-electron chi connectivity index (χ0n) is 17.7. The zero-order valence-corrected chi connectivity index (χ0v) is 17.7. The van der Waals surface area contributed by atoms with Gasteiger partial charge in [-0.3, -0.25) is 9.36 Å². The van der Waals surface area contributed by atoms with Crippen molar-refractivity contribution in [3.63, 3.8) is 0 Å². The largest absolute Gasteiger partial charge is 0.337 e. The van der Waals surface area contributed by atoms with E-state index in [4.69, 9.17) is 0 Å². The second-order valence-corrected chi connectivity index (χ2v) is 7.80. The van der Waals surface area contributed by atoms with Crippen LogP contribution in [-0.2, 0) is 13.1 Å². The molecule has 0 aliphatic carbocycles. The number of nitrogens with zero attached hydrogens (tertiary/aromatic N) is 4. The molecule has 158 valence electrons. The van der Waals surface area contributed by atoms with Crippen LogP contribution in [0.15, 0.2) is 101 Å². The molecule has 0 fully saturated rings. The Morgan fingerprint density at radius 1 is 0.781 bits per heavy atom. The monoisotopic (exact) mass is 422 g/mol. The molecule has 5 aromatic rings. The van der Waals surface area contributed by atoms with Crippen LogP contribution < -0.4 is 11.2 Å². The van der Waals surface area contributed by atoms with Crippen LogP contribution in [0.3, 0.4) is 0 Å². The number of imidazole rings is 1. The molecule has 0 aliphatic rings. The lowest BCUT2D eigenvalue weighted by molar-refractivity contribution is 0.677. The molecule has 0 amide bonds. The molecule has 0 bridgehead atoms. The minimum Gasteiger partial charge on any atom is -0.320 e. The predicted molar refractivity (Wildman–Crippen MR) is 125 cm³/mol. The van der Waals surface area contributed by atoms with Crippen molar-refractivity contribution in [3.8, 4) is 5.69 Å². The summed E-state index contributed by atoms with van der Waals surface area (Å²) in [4.78, 5) is 31.6. The van der Waals surface area contributed by atoms with E-state index in [0.29, 0.717) is 23.4 Å². The highest BCUT2D eigenvalue weighted by atomic mass is 16.2. The summed E-state index contributed by atoms with van der Waals surface area (Å²) < 4.78 is 4.65. The Hall–Kier alpha value is -4.19. The topological polar surface area (TPSA) is 61.8 Å². The van der Waals surface area contributed by atoms with E-state index >= 15 is 0 Å². The molecule has 0 unspecified atom stereocenters. The summed E-state index contributed by atoms with van der Waals surface area (Å²) in [5, 5.41) is 0. The van der Waals surface area contributed by atoms with E-state index in [1.807, 2.05) is 96.4 Å². The van der Waals surface area contributed by atoms with Crippen LogP contribution in [0, 0.1) is 6.92 Å². The third kappa shape index (κ3) is 3.46. The Morgan fingerprint density at radius 3 is 2.16 bits per heavy atom. The first kappa shape index (κ1) is 19.8. The van der Waals surface area contributed by atoms with Crippen LogP contribution in [0.2, 0.25) is 0 Å². The van der Waals surface area contributed by atoms with Crippen LogP contribution in [0.5, 0.6) is 0 Å². The van der Waals surface area contributed by atoms with Gasteiger partial charge in [-0.15, -0.1) is 0 Å². The lowest BCUT2D eigenvalue weighted by Gasteiger charge is -2.13. The molecule has 0 saturated heterocycles. The number of fused-ring (bicyclic) bond motifs is 1. The van der Waals surface area contributed by atoms with Crippen LogP contribution in [0.25, 0.3) is 16.9 Å². The summed E-state index contributed by atoms with van der Waals surface area (Å²) >= 11 is 0. The molecular formula is C26H22N4O2. The van der Waals surface area contributed by atoms with Crippen LogP contribution in [0.1, 0.15) is 16.7 Å². The van der Waals surface area contributed by atoms with E-state index < -0.39 is 5.69 Å². The van der Waals surface area contributed by atoms with Crippen LogP contribution in [0.4, 0.5) is 0 Å². The van der Waals surface area contributed by atoms with Gasteiger partial charge in [0, 0.05) is 6.54 Å². The number of benzene rings is 3. The van der Waals surface area contributed by atoms with Gasteiger partial charge in [-0.1, -0.05) is 72.8 Å². The molecular weight excluding hydrogens is 400 g/mol.